The average Bonchev–Trinajstić information content (AvgIpc) is 3.45. The molecule has 1 fully saturated rings. The number of benzene rings is 2. The van der Waals surface area contributed by atoms with Crippen LogP contribution in [0.1, 0.15) is 40.2 Å². The molecule has 8 nitrogen and oxygen atoms in total. The van der Waals surface area contributed by atoms with Gasteiger partial charge >= 0.3 is 0 Å². The van der Waals surface area contributed by atoms with Crippen LogP contribution >= 0.6 is 11.3 Å². The van der Waals surface area contributed by atoms with E-state index in [1.54, 1.807) is 30.2 Å². The normalized spacial score (nSPS) is 15.7. The van der Waals surface area contributed by atoms with Gasteiger partial charge in [-0.2, -0.15) is 0 Å². The Morgan fingerprint density at radius 3 is 2.62 bits per heavy atom. The van der Waals surface area contributed by atoms with E-state index >= 15 is 0 Å². The molecule has 2 heterocycles. The SMILES string of the molecule is CCc1ccc(N2C[C@@H](c3nnc(NC(=O)c4ccc(OC)cc4OC)s3)CC2=O)cc1. The third kappa shape index (κ3) is 4.43. The highest BCUT2D eigenvalue weighted by Gasteiger charge is 2.34. The lowest BCUT2D eigenvalue weighted by Gasteiger charge is -2.16. The number of carbonyl (C=O) groups excluding carboxylic acids is 2. The maximum Gasteiger partial charge on any atom is 0.261 e. The van der Waals surface area contributed by atoms with Crippen LogP contribution in [0.3, 0.4) is 0 Å². The predicted molar refractivity (Wildman–Crippen MR) is 123 cm³/mol. The molecule has 3 aromatic rings. The fraction of sp³-hybridized carbons (Fsp3) is 0.304. The Hall–Kier alpha value is -3.46. The van der Waals surface area contributed by atoms with Crippen LogP contribution in [0.5, 0.6) is 11.5 Å². The molecular weight excluding hydrogens is 428 g/mol. The van der Waals surface area contributed by atoms with Crippen molar-refractivity contribution < 1.29 is 19.1 Å². The minimum atomic E-state index is -0.354. The number of anilines is 2. The van der Waals surface area contributed by atoms with Gasteiger partial charge in [-0.25, -0.2) is 0 Å². The number of amides is 2. The summed E-state index contributed by atoms with van der Waals surface area (Å²) < 4.78 is 10.5. The monoisotopic (exact) mass is 452 g/mol. The smallest absolute Gasteiger partial charge is 0.261 e. The average molecular weight is 453 g/mol. The summed E-state index contributed by atoms with van der Waals surface area (Å²) in [5.41, 5.74) is 2.48. The molecule has 0 radical (unpaired) electrons. The zero-order valence-electron chi connectivity index (χ0n) is 18.1. The van der Waals surface area contributed by atoms with Crippen molar-refractivity contribution in [1.82, 2.24) is 10.2 Å². The molecule has 2 amide bonds. The molecule has 9 heteroatoms. The van der Waals surface area contributed by atoms with E-state index in [0.29, 0.717) is 35.2 Å². The van der Waals surface area contributed by atoms with Gasteiger partial charge in [-0.15, -0.1) is 10.2 Å². The summed E-state index contributed by atoms with van der Waals surface area (Å²) in [4.78, 5) is 27.1. The summed E-state index contributed by atoms with van der Waals surface area (Å²) in [6.07, 6.45) is 1.32. The van der Waals surface area contributed by atoms with Crippen LogP contribution in [0.4, 0.5) is 10.8 Å². The molecule has 0 aliphatic carbocycles. The van der Waals surface area contributed by atoms with Gasteiger partial charge in [0.05, 0.1) is 19.8 Å². The van der Waals surface area contributed by atoms with Crippen LogP contribution in [0.2, 0.25) is 0 Å². The summed E-state index contributed by atoms with van der Waals surface area (Å²) in [5, 5.41) is 12.2. The summed E-state index contributed by atoms with van der Waals surface area (Å²) in [6.45, 7) is 2.64. The van der Waals surface area contributed by atoms with E-state index in [0.717, 1.165) is 17.1 Å². The Morgan fingerprint density at radius 2 is 1.94 bits per heavy atom. The van der Waals surface area contributed by atoms with Crippen molar-refractivity contribution in [2.75, 3.05) is 31.0 Å². The van der Waals surface area contributed by atoms with Gasteiger partial charge in [-0.3, -0.25) is 14.9 Å². The molecule has 0 saturated carbocycles. The number of methoxy groups -OCH3 is 2. The van der Waals surface area contributed by atoms with Gasteiger partial charge in [0.15, 0.2) is 0 Å². The van der Waals surface area contributed by atoms with Gasteiger partial charge in [0.25, 0.3) is 5.91 Å². The summed E-state index contributed by atoms with van der Waals surface area (Å²) in [5.74, 6) is 0.636. The Morgan fingerprint density at radius 1 is 1.16 bits per heavy atom. The maximum absolute atomic E-state index is 12.7. The van der Waals surface area contributed by atoms with Crippen LogP contribution in [-0.2, 0) is 11.2 Å². The number of aromatic nitrogens is 2. The number of aryl methyl sites for hydroxylation is 1. The quantitative estimate of drug-likeness (QED) is 0.585. The van der Waals surface area contributed by atoms with Gasteiger partial charge in [-0.05, 0) is 36.2 Å². The Labute approximate surface area is 190 Å². The zero-order chi connectivity index (χ0) is 22.7. The molecule has 1 N–H and O–H groups in total. The molecule has 1 aliphatic heterocycles. The highest BCUT2D eigenvalue weighted by atomic mass is 32.1. The van der Waals surface area contributed by atoms with Gasteiger partial charge in [0, 0.05) is 30.6 Å². The third-order valence-corrected chi connectivity index (χ3v) is 6.45. The lowest BCUT2D eigenvalue weighted by atomic mass is 10.1. The fourth-order valence-electron chi connectivity index (χ4n) is 3.63. The predicted octanol–water partition coefficient (Wildman–Crippen LogP) is 3.89. The molecule has 0 bridgehead atoms. The minimum Gasteiger partial charge on any atom is -0.497 e. The van der Waals surface area contributed by atoms with Crippen LogP contribution in [-0.4, -0.2) is 42.8 Å². The highest BCUT2D eigenvalue weighted by molar-refractivity contribution is 7.15. The van der Waals surface area contributed by atoms with E-state index in [9.17, 15) is 9.59 Å². The standard InChI is InChI=1S/C23H24N4O4S/c1-4-14-5-7-16(8-6-14)27-13-15(11-20(27)28)22-25-26-23(32-22)24-21(29)18-10-9-17(30-2)12-19(18)31-3/h5-10,12,15H,4,11,13H2,1-3H3,(H,24,26,29)/t15-/m0/s1. The van der Waals surface area contributed by atoms with Crippen molar-refractivity contribution in [3.8, 4) is 11.5 Å². The van der Waals surface area contributed by atoms with E-state index in [2.05, 4.69) is 22.4 Å². The number of ether oxygens (including phenoxy) is 2. The molecule has 4 rings (SSSR count). The first-order valence-electron chi connectivity index (χ1n) is 10.3. The van der Waals surface area contributed by atoms with E-state index in [-0.39, 0.29) is 17.7 Å². The number of hydrogen-bond acceptors (Lipinski definition) is 7. The van der Waals surface area contributed by atoms with Crippen LogP contribution in [0.25, 0.3) is 0 Å². The molecule has 1 aliphatic rings. The van der Waals surface area contributed by atoms with E-state index in [4.69, 9.17) is 9.47 Å². The minimum absolute atomic E-state index is 0.0583. The second kappa shape index (κ2) is 9.35. The van der Waals surface area contributed by atoms with Crippen molar-refractivity contribution in [2.24, 2.45) is 0 Å². The number of carbonyl (C=O) groups is 2. The number of hydrogen-bond donors (Lipinski definition) is 1. The topological polar surface area (TPSA) is 93.7 Å². The molecule has 0 unspecified atom stereocenters. The van der Waals surface area contributed by atoms with Crippen LogP contribution in [0, 0.1) is 0 Å². The van der Waals surface area contributed by atoms with Crippen molar-refractivity contribution in [3.63, 3.8) is 0 Å². The van der Waals surface area contributed by atoms with E-state index in [1.807, 2.05) is 24.3 Å². The van der Waals surface area contributed by atoms with Crippen molar-refractivity contribution in [3.05, 3.63) is 58.6 Å². The molecule has 1 atom stereocenters. The van der Waals surface area contributed by atoms with Crippen molar-refractivity contribution in [1.29, 1.82) is 0 Å². The summed E-state index contributed by atoms with van der Waals surface area (Å²) in [6, 6.07) is 13.0. The van der Waals surface area contributed by atoms with Crippen molar-refractivity contribution in [2.45, 2.75) is 25.7 Å². The Kier molecular flexibility index (Phi) is 6.36. The van der Waals surface area contributed by atoms with Crippen LogP contribution < -0.4 is 19.7 Å². The highest BCUT2D eigenvalue weighted by Crippen LogP contribution is 2.34. The van der Waals surface area contributed by atoms with Gasteiger partial charge < -0.3 is 14.4 Å². The molecule has 0 spiro atoms. The lowest BCUT2D eigenvalue weighted by Crippen LogP contribution is -2.24. The third-order valence-electron chi connectivity index (χ3n) is 5.44. The maximum atomic E-state index is 12.7. The lowest BCUT2D eigenvalue weighted by molar-refractivity contribution is -0.117. The van der Waals surface area contributed by atoms with E-state index < -0.39 is 0 Å². The molecule has 166 valence electrons. The summed E-state index contributed by atoms with van der Waals surface area (Å²) in [7, 11) is 3.04. The van der Waals surface area contributed by atoms with Gasteiger partial charge in [0.1, 0.15) is 16.5 Å². The largest absolute Gasteiger partial charge is 0.497 e. The molecule has 32 heavy (non-hydrogen) atoms. The first-order chi connectivity index (χ1) is 15.5. The molecule has 1 aromatic heterocycles. The van der Waals surface area contributed by atoms with Gasteiger partial charge in [-0.1, -0.05) is 30.4 Å². The molecule has 1 saturated heterocycles. The van der Waals surface area contributed by atoms with Crippen LogP contribution in [0.15, 0.2) is 42.5 Å². The number of rotatable bonds is 7. The zero-order valence-corrected chi connectivity index (χ0v) is 18.9. The summed E-state index contributed by atoms with van der Waals surface area (Å²) >= 11 is 1.28. The van der Waals surface area contributed by atoms with E-state index in [1.165, 1.54) is 24.0 Å². The van der Waals surface area contributed by atoms with Gasteiger partial charge in [0.2, 0.25) is 11.0 Å². The molecular formula is C23H24N4O4S. The molecule has 2 aromatic carbocycles. The Balaban J connectivity index is 1.45. The number of nitrogens with zero attached hydrogens (tertiary/aromatic N) is 3. The number of nitrogens with one attached hydrogen (secondary N) is 1. The first-order valence-corrected chi connectivity index (χ1v) is 11.1. The fourth-order valence-corrected chi connectivity index (χ4v) is 4.46. The first kappa shape index (κ1) is 21.8. The Bertz CT molecular complexity index is 1130. The second-order valence-electron chi connectivity index (χ2n) is 7.39. The second-order valence-corrected chi connectivity index (χ2v) is 8.40. The van der Waals surface area contributed by atoms with Crippen molar-refractivity contribution >= 4 is 34.0 Å².